The minimum absolute atomic E-state index is 0. The van der Waals surface area contributed by atoms with Crippen LogP contribution in [0.4, 0.5) is 0 Å². The molecule has 0 spiro atoms. The minimum Gasteiger partial charge on any atom is -0.411 e. The van der Waals surface area contributed by atoms with Gasteiger partial charge < -0.3 is 10.4 Å². The molecule has 0 bridgehead atoms. The molecule has 0 unspecified atom stereocenters. The molecule has 0 aromatic heterocycles. The van der Waals surface area contributed by atoms with Crippen molar-refractivity contribution in [2.24, 2.45) is 11.1 Å². The van der Waals surface area contributed by atoms with Gasteiger partial charge in [-0.2, -0.15) is 0 Å². The first kappa shape index (κ1) is 19.5. The summed E-state index contributed by atoms with van der Waals surface area (Å²) in [6, 6.07) is 18.1. The third kappa shape index (κ3) is 6.18. The van der Waals surface area contributed by atoms with E-state index in [4.69, 9.17) is 10.4 Å². The fraction of sp³-hybridized carbons (Fsp3) is 0.133. The Labute approximate surface area is 135 Å². The van der Waals surface area contributed by atoms with Gasteiger partial charge >= 0.3 is 0 Å². The number of hydrogen-bond donors (Lipinski definition) is 3. The quantitative estimate of drug-likeness (QED) is 0.347. The molecule has 0 fully saturated rings. The Balaban J connectivity index is 0.00000128. The van der Waals surface area contributed by atoms with Gasteiger partial charge in [0.1, 0.15) is 0 Å². The fourth-order valence-corrected chi connectivity index (χ4v) is 2.18. The van der Waals surface area contributed by atoms with E-state index in [1.54, 1.807) is 11.8 Å². The van der Waals surface area contributed by atoms with E-state index in [9.17, 15) is 0 Å². The Kier molecular flexibility index (Phi) is 10.4. The monoisotopic (exact) mass is 326 g/mol. The van der Waals surface area contributed by atoms with Crippen LogP contribution < -0.4 is 5.90 Å². The van der Waals surface area contributed by atoms with Crippen molar-refractivity contribution in [3.8, 4) is 0 Å². The second-order valence-electron chi connectivity index (χ2n) is 3.94. The normalized spacial score (nSPS) is 10.1. The smallest absolute Gasteiger partial charge is 0.0911 e. The Morgan fingerprint density at radius 1 is 1.05 bits per heavy atom. The van der Waals surface area contributed by atoms with E-state index in [2.05, 4.69) is 11.1 Å². The lowest BCUT2D eigenvalue weighted by atomic mass is 10.0. The standard InChI is InChI=1S/C15H15NOS.ClH.H3NO/c1-18-14-9-7-13(8-10-14)15(16-17)11-12-5-3-2-4-6-12;;1-2/h2-10,17H,11H2,1H3;1H;2H,1H2. The molecule has 0 aliphatic heterocycles. The summed E-state index contributed by atoms with van der Waals surface area (Å²) in [5, 5.41) is 19.1. The molecule has 0 aliphatic rings. The summed E-state index contributed by atoms with van der Waals surface area (Å²) < 4.78 is 0. The summed E-state index contributed by atoms with van der Waals surface area (Å²) in [5.41, 5.74) is 2.78. The summed E-state index contributed by atoms with van der Waals surface area (Å²) >= 11 is 1.70. The largest absolute Gasteiger partial charge is 0.411 e. The molecule has 0 atom stereocenters. The van der Waals surface area contributed by atoms with Crippen LogP contribution >= 0.6 is 24.2 Å². The Hall–Kier alpha value is -1.53. The van der Waals surface area contributed by atoms with E-state index in [1.807, 2.05) is 60.9 Å². The first-order valence-electron chi connectivity index (χ1n) is 5.98. The lowest BCUT2D eigenvalue weighted by Gasteiger charge is -2.05. The number of nitrogens with zero attached hydrogens (tertiary/aromatic N) is 1. The SMILES string of the molecule is CSc1ccc(C(Cc2ccccc2)=NO)cc1.Cl.NO. The zero-order valence-electron chi connectivity index (χ0n) is 11.6. The number of halogens is 1. The van der Waals surface area contributed by atoms with E-state index in [0.29, 0.717) is 12.1 Å². The molecule has 6 heteroatoms. The first-order chi connectivity index (χ1) is 9.83. The molecule has 0 aliphatic carbocycles. The molecule has 4 N–H and O–H groups in total. The van der Waals surface area contributed by atoms with Crippen molar-refractivity contribution in [3.05, 3.63) is 65.7 Å². The number of rotatable bonds is 4. The van der Waals surface area contributed by atoms with Crippen LogP contribution in [0.5, 0.6) is 0 Å². The maximum Gasteiger partial charge on any atom is 0.0911 e. The van der Waals surface area contributed by atoms with Gasteiger partial charge in [-0.25, -0.2) is 5.90 Å². The van der Waals surface area contributed by atoms with Crippen LogP contribution in [0.2, 0.25) is 0 Å². The molecule has 2 aromatic rings. The Morgan fingerprint density at radius 3 is 2.10 bits per heavy atom. The molecular weight excluding hydrogens is 308 g/mol. The van der Waals surface area contributed by atoms with E-state index in [1.165, 1.54) is 4.90 Å². The molecule has 2 aromatic carbocycles. The zero-order chi connectivity index (χ0) is 14.8. The second kappa shape index (κ2) is 11.2. The highest BCUT2D eigenvalue weighted by Gasteiger charge is 2.05. The zero-order valence-corrected chi connectivity index (χ0v) is 13.3. The van der Waals surface area contributed by atoms with Gasteiger partial charge in [0.05, 0.1) is 5.71 Å². The summed E-state index contributed by atoms with van der Waals surface area (Å²) in [6.07, 6.45) is 2.68. The average molecular weight is 327 g/mol. The van der Waals surface area contributed by atoms with Crippen molar-refractivity contribution < 1.29 is 10.4 Å². The average Bonchev–Trinajstić information content (AvgIpc) is 2.55. The Morgan fingerprint density at radius 2 is 1.62 bits per heavy atom. The highest BCUT2D eigenvalue weighted by molar-refractivity contribution is 7.98. The van der Waals surface area contributed by atoms with Crippen molar-refractivity contribution in [3.63, 3.8) is 0 Å². The summed E-state index contributed by atoms with van der Waals surface area (Å²) in [5.74, 6) is 3.50. The fourth-order valence-electron chi connectivity index (χ4n) is 1.77. The van der Waals surface area contributed by atoms with Crippen molar-refractivity contribution in [2.45, 2.75) is 11.3 Å². The third-order valence-corrected chi connectivity index (χ3v) is 3.50. The predicted octanol–water partition coefficient (Wildman–Crippen LogP) is 3.59. The number of nitrogens with two attached hydrogens (primary N) is 1. The summed E-state index contributed by atoms with van der Waals surface area (Å²) in [6.45, 7) is 0. The molecule has 2 rings (SSSR count). The molecule has 0 heterocycles. The Bertz CT molecular complexity index is 533. The number of thioether (sulfide) groups is 1. The van der Waals surface area contributed by atoms with E-state index in [0.717, 1.165) is 11.1 Å². The molecule has 0 saturated carbocycles. The lowest BCUT2D eigenvalue weighted by Crippen LogP contribution is -2.05. The van der Waals surface area contributed by atoms with Crippen LogP contribution in [0.25, 0.3) is 0 Å². The first-order valence-corrected chi connectivity index (χ1v) is 7.21. The molecular formula is C15H19ClN2O2S. The number of benzene rings is 2. The van der Waals surface area contributed by atoms with Gasteiger partial charge in [-0.3, -0.25) is 0 Å². The highest BCUT2D eigenvalue weighted by Crippen LogP contribution is 2.16. The van der Waals surface area contributed by atoms with Crippen LogP contribution in [0, 0.1) is 0 Å². The van der Waals surface area contributed by atoms with Gasteiger partial charge in [0.25, 0.3) is 0 Å². The second-order valence-corrected chi connectivity index (χ2v) is 4.82. The van der Waals surface area contributed by atoms with Crippen molar-refractivity contribution in [2.75, 3.05) is 6.26 Å². The summed E-state index contributed by atoms with van der Waals surface area (Å²) in [7, 11) is 0. The van der Waals surface area contributed by atoms with Gasteiger partial charge in [0.15, 0.2) is 0 Å². The maximum absolute atomic E-state index is 9.15. The highest BCUT2D eigenvalue weighted by atomic mass is 35.5. The van der Waals surface area contributed by atoms with Crippen LogP contribution in [0.15, 0.2) is 64.6 Å². The molecule has 4 nitrogen and oxygen atoms in total. The van der Waals surface area contributed by atoms with Gasteiger partial charge in [-0.15, -0.1) is 24.2 Å². The third-order valence-electron chi connectivity index (χ3n) is 2.76. The van der Waals surface area contributed by atoms with Gasteiger partial charge in [-0.1, -0.05) is 47.6 Å². The lowest BCUT2D eigenvalue weighted by molar-refractivity contribution is 0.311. The molecule has 0 saturated heterocycles. The van der Waals surface area contributed by atoms with E-state index >= 15 is 0 Å². The van der Waals surface area contributed by atoms with Crippen LogP contribution in [-0.4, -0.2) is 22.4 Å². The van der Waals surface area contributed by atoms with Gasteiger partial charge in [-0.05, 0) is 29.5 Å². The van der Waals surface area contributed by atoms with Crippen LogP contribution in [0.3, 0.4) is 0 Å². The minimum atomic E-state index is 0. The van der Waals surface area contributed by atoms with Crippen LogP contribution in [-0.2, 0) is 6.42 Å². The topological polar surface area (TPSA) is 78.8 Å². The molecule has 114 valence electrons. The summed E-state index contributed by atoms with van der Waals surface area (Å²) in [4.78, 5) is 1.20. The number of hydrogen-bond acceptors (Lipinski definition) is 5. The van der Waals surface area contributed by atoms with Crippen molar-refractivity contribution >= 4 is 29.9 Å². The molecule has 21 heavy (non-hydrogen) atoms. The van der Waals surface area contributed by atoms with Crippen molar-refractivity contribution in [1.29, 1.82) is 0 Å². The van der Waals surface area contributed by atoms with Gasteiger partial charge in [0, 0.05) is 11.3 Å². The van der Waals surface area contributed by atoms with Crippen LogP contribution in [0.1, 0.15) is 11.1 Å². The predicted molar refractivity (Wildman–Crippen MR) is 89.9 cm³/mol. The van der Waals surface area contributed by atoms with Gasteiger partial charge in [0.2, 0.25) is 0 Å². The van der Waals surface area contributed by atoms with Crippen molar-refractivity contribution in [1.82, 2.24) is 0 Å². The van der Waals surface area contributed by atoms with E-state index in [-0.39, 0.29) is 12.4 Å². The van der Waals surface area contributed by atoms with E-state index < -0.39 is 0 Å². The number of oxime groups is 1. The molecule has 0 amide bonds. The maximum atomic E-state index is 9.15. The molecule has 0 radical (unpaired) electrons.